The monoisotopic (exact) mass is 304 g/mol. The average Bonchev–Trinajstić information content (AvgIpc) is 2.56. The summed E-state index contributed by atoms with van der Waals surface area (Å²) in [6.07, 6.45) is 0. The molecule has 116 valence electrons. The van der Waals surface area contributed by atoms with Crippen molar-refractivity contribution in [3.05, 3.63) is 47.5 Å². The molecule has 0 saturated carbocycles. The van der Waals surface area contributed by atoms with Gasteiger partial charge in [0.1, 0.15) is 13.2 Å². The lowest BCUT2D eigenvalue weighted by molar-refractivity contribution is 0.0427. The van der Waals surface area contributed by atoms with Crippen molar-refractivity contribution >= 4 is 22.7 Å². The molecule has 6 heteroatoms. The minimum absolute atomic E-state index is 0.0898. The van der Waals surface area contributed by atoms with Crippen molar-refractivity contribution in [2.24, 2.45) is 0 Å². The van der Waals surface area contributed by atoms with E-state index in [1.807, 2.05) is 0 Å². The largest absolute Gasteiger partial charge is 0.460 e. The predicted octanol–water partition coefficient (Wildman–Crippen LogP) is 1.14. The summed E-state index contributed by atoms with van der Waals surface area (Å²) in [5, 5.41) is 18.5. The summed E-state index contributed by atoms with van der Waals surface area (Å²) >= 11 is 0. The molecule has 0 bridgehead atoms. The van der Waals surface area contributed by atoms with Crippen LogP contribution in [-0.2, 0) is 9.47 Å². The molecule has 0 aliphatic carbocycles. The molecule has 2 rings (SSSR count). The number of esters is 2. The number of benzene rings is 2. The van der Waals surface area contributed by atoms with E-state index in [0.717, 1.165) is 0 Å². The van der Waals surface area contributed by atoms with Crippen LogP contribution in [0.25, 0.3) is 10.8 Å². The molecule has 0 unspecified atom stereocenters. The van der Waals surface area contributed by atoms with Gasteiger partial charge < -0.3 is 19.7 Å². The zero-order valence-electron chi connectivity index (χ0n) is 11.8. The Balaban J connectivity index is 2.42. The van der Waals surface area contributed by atoms with E-state index in [0.29, 0.717) is 21.9 Å². The van der Waals surface area contributed by atoms with Crippen LogP contribution in [0.15, 0.2) is 36.4 Å². The Labute approximate surface area is 126 Å². The van der Waals surface area contributed by atoms with Gasteiger partial charge in [0.2, 0.25) is 0 Å². The first-order valence-electron chi connectivity index (χ1n) is 6.76. The van der Waals surface area contributed by atoms with E-state index in [4.69, 9.17) is 19.7 Å². The second-order valence-electron chi connectivity index (χ2n) is 4.43. The SMILES string of the molecule is O=C(OCCO)c1cccc2c(C(=O)OCCO)cccc12. The number of hydrogen-bond donors (Lipinski definition) is 2. The lowest BCUT2D eigenvalue weighted by Crippen LogP contribution is -2.11. The van der Waals surface area contributed by atoms with Crippen LogP contribution >= 0.6 is 0 Å². The van der Waals surface area contributed by atoms with E-state index in [9.17, 15) is 9.59 Å². The highest BCUT2D eigenvalue weighted by Crippen LogP contribution is 2.24. The maximum Gasteiger partial charge on any atom is 0.338 e. The van der Waals surface area contributed by atoms with Crippen LogP contribution in [0.5, 0.6) is 0 Å². The van der Waals surface area contributed by atoms with Gasteiger partial charge in [-0.1, -0.05) is 24.3 Å². The van der Waals surface area contributed by atoms with Crippen LogP contribution in [0, 0.1) is 0 Å². The number of aliphatic hydroxyl groups is 2. The molecule has 2 N–H and O–H groups in total. The van der Waals surface area contributed by atoms with Crippen molar-refractivity contribution in [2.75, 3.05) is 26.4 Å². The van der Waals surface area contributed by atoms with Gasteiger partial charge in [-0.05, 0) is 22.9 Å². The molecule has 2 aromatic rings. The van der Waals surface area contributed by atoms with Gasteiger partial charge in [0.05, 0.1) is 24.3 Å². The van der Waals surface area contributed by atoms with Crippen molar-refractivity contribution in [1.29, 1.82) is 0 Å². The zero-order valence-corrected chi connectivity index (χ0v) is 11.8. The molecule has 0 fully saturated rings. The van der Waals surface area contributed by atoms with Crippen LogP contribution in [-0.4, -0.2) is 48.6 Å². The fourth-order valence-corrected chi connectivity index (χ4v) is 2.10. The third-order valence-corrected chi connectivity index (χ3v) is 3.01. The van der Waals surface area contributed by atoms with Crippen molar-refractivity contribution in [3.8, 4) is 0 Å². The minimum Gasteiger partial charge on any atom is -0.460 e. The lowest BCUT2D eigenvalue weighted by Gasteiger charge is -2.10. The second kappa shape index (κ2) is 7.53. The van der Waals surface area contributed by atoms with Crippen molar-refractivity contribution in [1.82, 2.24) is 0 Å². The van der Waals surface area contributed by atoms with E-state index >= 15 is 0 Å². The van der Waals surface area contributed by atoms with Crippen molar-refractivity contribution < 1.29 is 29.3 Å². The molecule has 22 heavy (non-hydrogen) atoms. The molecular weight excluding hydrogens is 288 g/mol. The number of carbonyl (C=O) groups excluding carboxylic acids is 2. The molecule has 0 aromatic heterocycles. The molecule has 0 spiro atoms. The highest BCUT2D eigenvalue weighted by atomic mass is 16.5. The summed E-state index contributed by atoms with van der Waals surface area (Å²) in [6, 6.07) is 9.86. The van der Waals surface area contributed by atoms with Gasteiger partial charge in [-0.15, -0.1) is 0 Å². The van der Waals surface area contributed by atoms with E-state index in [1.165, 1.54) is 0 Å². The van der Waals surface area contributed by atoms with Crippen molar-refractivity contribution in [2.45, 2.75) is 0 Å². The fraction of sp³-hybridized carbons (Fsp3) is 0.250. The summed E-state index contributed by atoms with van der Waals surface area (Å²) in [6.45, 7) is -0.689. The first-order valence-corrected chi connectivity index (χ1v) is 6.76. The Bertz CT molecular complexity index is 620. The zero-order chi connectivity index (χ0) is 15.9. The quantitative estimate of drug-likeness (QED) is 0.777. The van der Waals surface area contributed by atoms with Crippen molar-refractivity contribution in [3.63, 3.8) is 0 Å². The Morgan fingerprint density at radius 2 is 1.18 bits per heavy atom. The van der Waals surface area contributed by atoms with Gasteiger partial charge in [-0.25, -0.2) is 9.59 Å². The highest BCUT2D eigenvalue weighted by molar-refractivity contribution is 6.11. The molecular formula is C16H16O6. The topological polar surface area (TPSA) is 93.1 Å². The molecule has 0 aliphatic rings. The normalized spacial score (nSPS) is 10.5. The number of ether oxygens (including phenoxy) is 2. The van der Waals surface area contributed by atoms with E-state index in [2.05, 4.69) is 0 Å². The number of carbonyl (C=O) groups is 2. The van der Waals surface area contributed by atoms with Crippen LogP contribution < -0.4 is 0 Å². The Morgan fingerprint density at radius 3 is 1.55 bits per heavy atom. The molecule has 0 saturated heterocycles. The van der Waals surface area contributed by atoms with Gasteiger partial charge in [0.15, 0.2) is 0 Å². The predicted molar refractivity (Wildman–Crippen MR) is 78.7 cm³/mol. The van der Waals surface area contributed by atoms with E-state index in [-0.39, 0.29) is 26.4 Å². The van der Waals surface area contributed by atoms with Gasteiger partial charge in [-0.3, -0.25) is 0 Å². The number of aliphatic hydroxyl groups excluding tert-OH is 2. The third kappa shape index (κ3) is 3.41. The Kier molecular flexibility index (Phi) is 5.46. The Morgan fingerprint density at radius 1 is 0.773 bits per heavy atom. The van der Waals surface area contributed by atoms with Gasteiger partial charge in [-0.2, -0.15) is 0 Å². The lowest BCUT2D eigenvalue weighted by atomic mass is 10.00. The summed E-state index contributed by atoms with van der Waals surface area (Å²) in [5.74, 6) is -1.14. The Hall–Kier alpha value is -2.44. The summed E-state index contributed by atoms with van der Waals surface area (Å²) < 4.78 is 9.82. The molecule has 2 aromatic carbocycles. The number of fused-ring (bicyclic) bond motifs is 1. The maximum absolute atomic E-state index is 12.0. The second-order valence-corrected chi connectivity index (χ2v) is 4.43. The first-order chi connectivity index (χ1) is 10.7. The molecule has 0 atom stereocenters. The van der Waals surface area contributed by atoms with Crippen LogP contribution in [0.4, 0.5) is 0 Å². The average molecular weight is 304 g/mol. The molecule has 0 amide bonds. The maximum atomic E-state index is 12.0. The van der Waals surface area contributed by atoms with Gasteiger partial charge in [0, 0.05) is 0 Å². The standard InChI is InChI=1S/C16H16O6/c17-7-9-21-15(19)13-5-1-3-11-12(13)4-2-6-14(11)16(20)22-10-8-18/h1-6,17-18H,7-10H2. The third-order valence-electron chi connectivity index (χ3n) is 3.01. The number of hydrogen-bond acceptors (Lipinski definition) is 6. The smallest absolute Gasteiger partial charge is 0.338 e. The molecule has 0 heterocycles. The van der Waals surface area contributed by atoms with Crippen LogP contribution in [0.1, 0.15) is 20.7 Å². The molecule has 6 nitrogen and oxygen atoms in total. The van der Waals surface area contributed by atoms with Crippen LogP contribution in [0.3, 0.4) is 0 Å². The number of rotatable bonds is 6. The summed E-state index contributed by atoms with van der Waals surface area (Å²) in [5.41, 5.74) is 0.616. The summed E-state index contributed by atoms with van der Waals surface area (Å²) in [7, 11) is 0. The fourth-order valence-electron chi connectivity index (χ4n) is 2.10. The molecule has 0 aliphatic heterocycles. The van der Waals surface area contributed by atoms with E-state index < -0.39 is 11.9 Å². The van der Waals surface area contributed by atoms with E-state index in [1.54, 1.807) is 36.4 Å². The van der Waals surface area contributed by atoms with Gasteiger partial charge >= 0.3 is 11.9 Å². The van der Waals surface area contributed by atoms with Gasteiger partial charge in [0.25, 0.3) is 0 Å². The first kappa shape index (κ1) is 15.9. The van der Waals surface area contributed by atoms with Crippen LogP contribution in [0.2, 0.25) is 0 Å². The molecule has 0 radical (unpaired) electrons. The highest BCUT2D eigenvalue weighted by Gasteiger charge is 2.16. The minimum atomic E-state index is -0.569. The summed E-state index contributed by atoms with van der Waals surface area (Å²) in [4.78, 5) is 24.0.